The third kappa shape index (κ3) is 2.87. The van der Waals surface area contributed by atoms with Crippen molar-refractivity contribution >= 4 is 5.97 Å². The summed E-state index contributed by atoms with van der Waals surface area (Å²) in [5, 5.41) is 8.90. The van der Waals surface area contributed by atoms with E-state index in [4.69, 9.17) is 5.11 Å². The predicted octanol–water partition coefficient (Wildman–Crippen LogP) is 2.65. The lowest BCUT2D eigenvalue weighted by molar-refractivity contribution is -0.141. The molecule has 2 heteroatoms. The Balaban J connectivity index is 2.72. The Hall–Kier alpha value is -1.31. The summed E-state index contributed by atoms with van der Waals surface area (Å²) in [6, 6.07) is 8.02. The molecule has 0 unspecified atom stereocenters. The fourth-order valence-electron chi connectivity index (χ4n) is 1.53. The maximum atomic E-state index is 10.8. The smallest absolute Gasteiger partial charge is 0.306 e. The van der Waals surface area contributed by atoms with E-state index in [9.17, 15) is 4.79 Å². The van der Waals surface area contributed by atoms with Gasteiger partial charge in [-0.15, -0.1) is 0 Å². The van der Waals surface area contributed by atoms with Crippen LogP contribution in [0.4, 0.5) is 0 Å². The Morgan fingerprint density at radius 3 is 2.71 bits per heavy atom. The van der Waals surface area contributed by atoms with Crippen LogP contribution in [0.15, 0.2) is 24.3 Å². The molecule has 0 aliphatic rings. The van der Waals surface area contributed by atoms with Crippen molar-refractivity contribution in [1.82, 2.24) is 0 Å². The highest BCUT2D eigenvalue weighted by Crippen LogP contribution is 2.13. The van der Waals surface area contributed by atoms with E-state index < -0.39 is 5.97 Å². The second-order valence-corrected chi connectivity index (χ2v) is 3.64. The largest absolute Gasteiger partial charge is 0.481 e. The molecule has 1 N–H and O–H groups in total. The summed E-state index contributed by atoms with van der Waals surface area (Å²) in [5.74, 6) is -0.953. The average molecular weight is 192 g/mol. The van der Waals surface area contributed by atoms with E-state index in [1.54, 1.807) is 0 Å². The Labute approximate surface area is 84.6 Å². The molecule has 2 nitrogen and oxygen atoms in total. The van der Waals surface area contributed by atoms with Crippen LogP contribution in [-0.2, 0) is 11.2 Å². The van der Waals surface area contributed by atoms with E-state index in [2.05, 4.69) is 0 Å². The lowest BCUT2D eigenvalue weighted by atomic mass is 9.96. The Morgan fingerprint density at radius 1 is 1.50 bits per heavy atom. The van der Waals surface area contributed by atoms with Gasteiger partial charge in [0.25, 0.3) is 0 Å². The van der Waals surface area contributed by atoms with Crippen LogP contribution in [0, 0.1) is 12.8 Å². The van der Waals surface area contributed by atoms with Gasteiger partial charge in [0.15, 0.2) is 0 Å². The van der Waals surface area contributed by atoms with Gasteiger partial charge in [-0.3, -0.25) is 4.79 Å². The number of hydrogen-bond donors (Lipinski definition) is 1. The first-order valence-corrected chi connectivity index (χ1v) is 4.91. The molecule has 0 bridgehead atoms. The molecule has 0 radical (unpaired) electrons. The quantitative estimate of drug-likeness (QED) is 0.796. The summed E-state index contributed by atoms with van der Waals surface area (Å²) in [4.78, 5) is 10.8. The number of carboxylic acid groups (broad SMARTS) is 1. The summed E-state index contributed by atoms with van der Waals surface area (Å²) in [7, 11) is 0. The zero-order valence-electron chi connectivity index (χ0n) is 8.66. The minimum atomic E-state index is -0.700. The predicted molar refractivity (Wildman–Crippen MR) is 56.3 cm³/mol. The Morgan fingerprint density at radius 2 is 2.21 bits per heavy atom. The molecule has 0 heterocycles. The van der Waals surface area contributed by atoms with Crippen LogP contribution in [0.3, 0.4) is 0 Å². The number of carbonyl (C=O) groups is 1. The molecule has 0 spiro atoms. The number of aliphatic carboxylic acids is 1. The molecule has 76 valence electrons. The normalized spacial score (nSPS) is 12.4. The number of benzene rings is 1. The minimum absolute atomic E-state index is 0.253. The van der Waals surface area contributed by atoms with Crippen molar-refractivity contribution in [3.63, 3.8) is 0 Å². The number of rotatable bonds is 4. The summed E-state index contributed by atoms with van der Waals surface area (Å²) >= 11 is 0. The van der Waals surface area contributed by atoms with Gasteiger partial charge in [-0.2, -0.15) is 0 Å². The van der Waals surface area contributed by atoms with Crippen LogP contribution in [-0.4, -0.2) is 11.1 Å². The molecule has 0 aromatic heterocycles. The van der Waals surface area contributed by atoms with Crippen molar-refractivity contribution in [2.24, 2.45) is 5.92 Å². The highest BCUT2D eigenvalue weighted by molar-refractivity contribution is 5.70. The van der Waals surface area contributed by atoms with Gasteiger partial charge in [-0.1, -0.05) is 36.8 Å². The second kappa shape index (κ2) is 4.80. The molecule has 0 fully saturated rings. The highest BCUT2D eigenvalue weighted by atomic mass is 16.4. The van der Waals surface area contributed by atoms with Crippen molar-refractivity contribution in [2.45, 2.75) is 26.7 Å². The summed E-state index contributed by atoms with van der Waals surface area (Å²) in [6.07, 6.45) is 1.32. The maximum absolute atomic E-state index is 10.8. The topological polar surface area (TPSA) is 37.3 Å². The van der Waals surface area contributed by atoms with E-state index in [1.807, 2.05) is 38.1 Å². The van der Waals surface area contributed by atoms with E-state index in [0.29, 0.717) is 12.8 Å². The van der Waals surface area contributed by atoms with E-state index in [-0.39, 0.29) is 5.92 Å². The van der Waals surface area contributed by atoms with Gasteiger partial charge in [0.05, 0.1) is 5.92 Å². The maximum Gasteiger partial charge on any atom is 0.306 e. The standard InChI is InChI=1S/C12H16O2/c1-3-11(12(13)14)8-10-6-4-5-9(2)7-10/h4-7,11H,3,8H2,1-2H3,(H,13,14)/t11-/m1/s1. The van der Waals surface area contributed by atoms with Gasteiger partial charge in [-0.25, -0.2) is 0 Å². The first kappa shape index (κ1) is 10.8. The number of hydrogen-bond acceptors (Lipinski definition) is 1. The lowest BCUT2D eigenvalue weighted by Gasteiger charge is -2.09. The van der Waals surface area contributed by atoms with Crippen LogP contribution in [0.2, 0.25) is 0 Å². The van der Waals surface area contributed by atoms with Gasteiger partial charge in [0.1, 0.15) is 0 Å². The zero-order chi connectivity index (χ0) is 10.6. The van der Waals surface area contributed by atoms with Crippen molar-refractivity contribution in [2.75, 3.05) is 0 Å². The molecular formula is C12H16O2. The Kier molecular flexibility index (Phi) is 3.69. The van der Waals surface area contributed by atoms with E-state index >= 15 is 0 Å². The average Bonchev–Trinajstić information content (AvgIpc) is 2.14. The number of aryl methyl sites for hydroxylation is 1. The van der Waals surface area contributed by atoms with Crippen molar-refractivity contribution < 1.29 is 9.90 Å². The van der Waals surface area contributed by atoms with Crippen LogP contribution < -0.4 is 0 Å². The lowest BCUT2D eigenvalue weighted by Crippen LogP contribution is -2.15. The van der Waals surface area contributed by atoms with Gasteiger partial charge < -0.3 is 5.11 Å². The summed E-state index contributed by atoms with van der Waals surface area (Å²) in [5.41, 5.74) is 2.29. The van der Waals surface area contributed by atoms with Crippen molar-refractivity contribution in [1.29, 1.82) is 0 Å². The monoisotopic (exact) mass is 192 g/mol. The third-order valence-electron chi connectivity index (χ3n) is 2.41. The third-order valence-corrected chi connectivity index (χ3v) is 2.41. The van der Waals surface area contributed by atoms with Crippen molar-refractivity contribution in [3.05, 3.63) is 35.4 Å². The first-order chi connectivity index (χ1) is 6.63. The van der Waals surface area contributed by atoms with E-state index in [1.165, 1.54) is 5.56 Å². The van der Waals surface area contributed by atoms with Gasteiger partial charge in [0, 0.05) is 0 Å². The van der Waals surface area contributed by atoms with Crippen LogP contribution in [0.1, 0.15) is 24.5 Å². The Bertz CT molecular complexity index is 318. The molecule has 0 amide bonds. The fraction of sp³-hybridized carbons (Fsp3) is 0.417. The zero-order valence-corrected chi connectivity index (χ0v) is 8.66. The minimum Gasteiger partial charge on any atom is -0.481 e. The van der Waals surface area contributed by atoms with Gasteiger partial charge >= 0.3 is 5.97 Å². The molecule has 0 aliphatic carbocycles. The summed E-state index contributed by atoms with van der Waals surface area (Å²) in [6.45, 7) is 3.93. The molecular weight excluding hydrogens is 176 g/mol. The summed E-state index contributed by atoms with van der Waals surface area (Å²) < 4.78 is 0. The van der Waals surface area contributed by atoms with Gasteiger partial charge in [0.2, 0.25) is 0 Å². The number of carboxylic acids is 1. The molecule has 1 aromatic rings. The first-order valence-electron chi connectivity index (χ1n) is 4.91. The molecule has 1 rings (SSSR count). The van der Waals surface area contributed by atoms with Crippen LogP contribution >= 0.6 is 0 Å². The molecule has 0 aliphatic heterocycles. The molecule has 0 saturated carbocycles. The SMILES string of the molecule is CC[C@H](Cc1cccc(C)c1)C(=O)O. The molecule has 1 atom stereocenters. The van der Waals surface area contributed by atoms with Gasteiger partial charge in [-0.05, 0) is 25.3 Å². The molecule has 0 saturated heterocycles. The second-order valence-electron chi connectivity index (χ2n) is 3.64. The fourth-order valence-corrected chi connectivity index (χ4v) is 1.53. The molecule has 14 heavy (non-hydrogen) atoms. The van der Waals surface area contributed by atoms with Crippen LogP contribution in [0.5, 0.6) is 0 Å². The highest BCUT2D eigenvalue weighted by Gasteiger charge is 2.15. The molecule has 1 aromatic carbocycles. The van der Waals surface area contributed by atoms with Crippen LogP contribution in [0.25, 0.3) is 0 Å². The van der Waals surface area contributed by atoms with E-state index in [0.717, 1.165) is 5.56 Å². The van der Waals surface area contributed by atoms with Crippen molar-refractivity contribution in [3.8, 4) is 0 Å².